The minimum atomic E-state index is -0.245. The lowest BCUT2D eigenvalue weighted by atomic mass is 10.1. The highest BCUT2D eigenvalue weighted by Crippen LogP contribution is 2.20. The molecule has 0 fully saturated rings. The first-order valence-corrected chi connectivity index (χ1v) is 5.86. The Hall–Kier alpha value is -0.260. The second-order valence-corrected chi connectivity index (χ2v) is 5.28. The van der Waals surface area contributed by atoms with E-state index in [0.717, 1.165) is 18.6 Å². The molecular weight excluding hydrogens is 198 g/mol. The van der Waals surface area contributed by atoms with Crippen LogP contribution < -0.4 is 17.0 Å². The third-order valence-corrected chi connectivity index (χ3v) is 3.40. The van der Waals surface area contributed by atoms with Gasteiger partial charge in [0.15, 0.2) is 0 Å². The number of nitrogens with one attached hydrogen (secondary N) is 1. The van der Waals surface area contributed by atoms with Gasteiger partial charge in [0.1, 0.15) is 0 Å². The minimum absolute atomic E-state index is 0.0761. The molecule has 0 rings (SSSR count). The molecule has 0 aliphatic carbocycles. The first-order chi connectivity index (χ1) is 6.40. The van der Waals surface area contributed by atoms with Crippen LogP contribution in [-0.4, -0.2) is 22.4 Å². The summed E-state index contributed by atoms with van der Waals surface area (Å²) in [6.07, 6.45) is 1.81. The van der Waals surface area contributed by atoms with Crippen molar-refractivity contribution >= 4 is 17.7 Å². The first kappa shape index (κ1) is 13.7. The molecule has 84 valence electrons. The highest BCUT2D eigenvalue weighted by atomic mass is 32.2. The van der Waals surface area contributed by atoms with Gasteiger partial charge in [0, 0.05) is 11.3 Å². The van der Waals surface area contributed by atoms with Gasteiger partial charge in [0.05, 0.1) is 5.25 Å². The number of hydrazine groups is 1. The molecule has 0 bridgehead atoms. The monoisotopic (exact) mass is 219 g/mol. The molecular formula is C9H21N3OS. The zero-order valence-electron chi connectivity index (χ0n) is 9.17. The molecule has 0 aromatic carbocycles. The van der Waals surface area contributed by atoms with Gasteiger partial charge in [-0.15, -0.1) is 11.8 Å². The first-order valence-electron chi connectivity index (χ1n) is 4.81. The van der Waals surface area contributed by atoms with Gasteiger partial charge >= 0.3 is 0 Å². The smallest absolute Gasteiger partial charge is 0.246 e. The zero-order valence-corrected chi connectivity index (χ0v) is 9.99. The van der Waals surface area contributed by atoms with Crippen LogP contribution in [0, 0.1) is 0 Å². The third kappa shape index (κ3) is 6.23. The standard InChI is InChI=1S/C9H21N3OS/c1-4-5-7(8(13)12-11)14-6-9(2,3)10/h7H,4-6,10-11H2,1-3H3,(H,12,13). The predicted molar refractivity (Wildman–Crippen MR) is 61.8 cm³/mol. The Balaban J connectivity index is 4.03. The van der Waals surface area contributed by atoms with Crippen LogP contribution in [0.3, 0.4) is 0 Å². The van der Waals surface area contributed by atoms with Crippen LogP contribution in [0.15, 0.2) is 0 Å². The van der Waals surface area contributed by atoms with Gasteiger partial charge in [-0.2, -0.15) is 0 Å². The van der Waals surface area contributed by atoms with E-state index < -0.39 is 0 Å². The van der Waals surface area contributed by atoms with Crippen molar-refractivity contribution in [3.8, 4) is 0 Å². The van der Waals surface area contributed by atoms with Crippen molar-refractivity contribution in [2.45, 2.75) is 44.4 Å². The van der Waals surface area contributed by atoms with Crippen molar-refractivity contribution in [2.75, 3.05) is 5.75 Å². The number of carbonyl (C=O) groups is 1. The normalized spacial score (nSPS) is 13.8. The second kappa shape index (κ2) is 6.27. The van der Waals surface area contributed by atoms with E-state index in [0.29, 0.717) is 0 Å². The third-order valence-electron chi connectivity index (χ3n) is 1.64. The fraction of sp³-hybridized carbons (Fsp3) is 0.889. The van der Waals surface area contributed by atoms with Gasteiger partial charge < -0.3 is 5.73 Å². The molecule has 1 amide bonds. The van der Waals surface area contributed by atoms with Crippen LogP contribution in [0.25, 0.3) is 0 Å². The Morgan fingerprint density at radius 1 is 1.57 bits per heavy atom. The highest BCUT2D eigenvalue weighted by molar-refractivity contribution is 8.00. The second-order valence-electron chi connectivity index (χ2n) is 4.09. The van der Waals surface area contributed by atoms with Gasteiger partial charge in [-0.3, -0.25) is 10.2 Å². The number of amides is 1. The summed E-state index contributed by atoms with van der Waals surface area (Å²) in [6, 6.07) is 0. The summed E-state index contributed by atoms with van der Waals surface area (Å²) in [4.78, 5) is 11.3. The lowest BCUT2D eigenvalue weighted by Gasteiger charge is -2.21. The molecule has 0 aromatic rings. The fourth-order valence-corrected chi connectivity index (χ4v) is 2.21. The summed E-state index contributed by atoms with van der Waals surface area (Å²) in [7, 11) is 0. The Morgan fingerprint density at radius 3 is 2.50 bits per heavy atom. The molecule has 0 aliphatic rings. The van der Waals surface area contributed by atoms with Crippen molar-refractivity contribution in [3.63, 3.8) is 0 Å². The molecule has 5 N–H and O–H groups in total. The fourth-order valence-electron chi connectivity index (χ4n) is 0.961. The Bertz CT molecular complexity index is 179. The van der Waals surface area contributed by atoms with Crippen LogP contribution in [0.2, 0.25) is 0 Å². The highest BCUT2D eigenvalue weighted by Gasteiger charge is 2.20. The van der Waals surface area contributed by atoms with Gasteiger partial charge in [0.25, 0.3) is 0 Å². The van der Waals surface area contributed by atoms with Crippen LogP contribution >= 0.6 is 11.8 Å². The predicted octanol–water partition coefficient (Wildman–Crippen LogP) is 0.616. The van der Waals surface area contributed by atoms with Crippen LogP contribution in [0.4, 0.5) is 0 Å². The van der Waals surface area contributed by atoms with Gasteiger partial charge in [-0.1, -0.05) is 13.3 Å². The Labute approximate surface area is 90.1 Å². The zero-order chi connectivity index (χ0) is 11.2. The Kier molecular flexibility index (Phi) is 6.15. The van der Waals surface area contributed by atoms with Crippen LogP contribution in [-0.2, 0) is 4.79 Å². The average Bonchev–Trinajstić information content (AvgIpc) is 2.09. The molecule has 0 aromatic heterocycles. The lowest BCUT2D eigenvalue weighted by Crippen LogP contribution is -2.40. The maximum atomic E-state index is 11.3. The number of hydrogen-bond acceptors (Lipinski definition) is 4. The number of carbonyl (C=O) groups excluding carboxylic acids is 1. The molecule has 14 heavy (non-hydrogen) atoms. The number of hydrogen-bond donors (Lipinski definition) is 3. The van der Waals surface area contributed by atoms with Crippen molar-refractivity contribution in [1.29, 1.82) is 0 Å². The average molecular weight is 219 g/mol. The molecule has 0 saturated heterocycles. The van der Waals surface area contributed by atoms with E-state index >= 15 is 0 Å². The van der Waals surface area contributed by atoms with Crippen LogP contribution in [0.1, 0.15) is 33.6 Å². The molecule has 1 unspecified atom stereocenters. The van der Waals surface area contributed by atoms with Crippen LogP contribution in [0.5, 0.6) is 0 Å². The van der Waals surface area contributed by atoms with E-state index in [1.54, 1.807) is 11.8 Å². The van der Waals surface area contributed by atoms with E-state index in [4.69, 9.17) is 11.6 Å². The molecule has 0 saturated carbocycles. The van der Waals surface area contributed by atoms with Gasteiger partial charge in [-0.05, 0) is 20.3 Å². The number of nitrogens with two attached hydrogens (primary N) is 2. The number of rotatable bonds is 6. The topological polar surface area (TPSA) is 81.1 Å². The molecule has 5 heteroatoms. The quantitative estimate of drug-likeness (QED) is 0.347. The number of thioether (sulfide) groups is 1. The largest absolute Gasteiger partial charge is 0.325 e. The van der Waals surface area contributed by atoms with Crippen molar-refractivity contribution < 1.29 is 4.79 Å². The van der Waals surface area contributed by atoms with Crippen molar-refractivity contribution in [2.24, 2.45) is 11.6 Å². The van der Waals surface area contributed by atoms with Crippen molar-refractivity contribution in [1.82, 2.24) is 5.43 Å². The summed E-state index contributed by atoms with van der Waals surface area (Å²) in [5.41, 5.74) is 7.78. The maximum Gasteiger partial charge on any atom is 0.246 e. The van der Waals surface area contributed by atoms with Gasteiger partial charge in [-0.25, -0.2) is 5.84 Å². The summed E-state index contributed by atoms with van der Waals surface area (Å²) < 4.78 is 0. The van der Waals surface area contributed by atoms with Crippen molar-refractivity contribution in [3.05, 3.63) is 0 Å². The summed E-state index contributed by atoms with van der Waals surface area (Å²) in [5.74, 6) is 5.74. The molecule has 0 radical (unpaired) electrons. The Morgan fingerprint density at radius 2 is 2.14 bits per heavy atom. The molecule has 4 nitrogen and oxygen atoms in total. The summed E-state index contributed by atoms with van der Waals surface area (Å²) >= 11 is 1.57. The molecule has 0 aliphatic heterocycles. The van der Waals surface area contributed by atoms with E-state index in [1.807, 2.05) is 20.8 Å². The van der Waals surface area contributed by atoms with E-state index in [2.05, 4.69) is 5.43 Å². The molecule has 1 atom stereocenters. The summed E-state index contributed by atoms with van der Waals surface area (Å²) in [5, 5.41) is -0.0761. The maximum absolute atomic E-state index is 11.3. The lowest BCUT2D eigenvalue weighted by molar-refractivity contribution is -0.120. The van der Waals surface area contributed by atoms with E-state index in [1.165, 1.54) is 0 Å². The van der Waals surface area contributed by atoms with E-state index in [9.17, 15) is 4.79 Å². The minimum Gasteiger partial charge on any atom is -0.325 e. The SMILES string of the molecule is CCCC(SCC(C)(C)N)C(=O)NN. The summed E-state index contributed by atoms with van der Waals surface area (Å²) in [6.45, 7) is 5.94. The molecule has 0 heterocycles. The van der Waals surface area contributed by atoms with E-state index in [-0.39, 0.29) is 16.7 Å². The molecule has 0 spiro atoms. The van der Waals surface area contributed by atoms with Gasteiger partial charge in [0.2, 0.25) is 5.91 Å².